The minimum absolute atomic E-state index is 0.0255. The molecule has 1 aromatic heterocycles. The summed E-state index contributed by atoms with van der Waals surface area (Å²) in [4.78, 5) is 21.0. The van der Waals surface area contributed by atoms with Crippen molar-refractivity contribution < 1.29 is 22.7 Å². The molecule has 2 rings (SSSR count). The first-order valence-corrected chi connectivity index (χ1v) is 9.68. The van der Waals surface area contributed by atoms with Crippen molar-refractivity contribution in [3.63, 3.8) is 0 Å². The van der Waals surface area contributed by atoms with Gasteiger partial charge in [0, 0.05) is 6.54 Å². The molecular weight excluding hydrogens is 363 g/mol. The number of nitrogens with one attached hydrogen (secondary N) is 1. The van der Waals surface area contributed by atoms with E-state index in [1.54, 1.807) is 13.1 Å². The summed E-state index contributed by atoms with van der Waals surface area (Å²) in [7, 11) is -3.81. The molecule has 1 aromatic carbocycles. The van der Waals surface area contributed by atoms with E-state index in [1.807, 2.05) is 0 Å². The van der Waals surface area contributed by atoms with Gasteiger partial charge in [-0.1, -0.05) is 6.07 Å². The summed E-state index contributed by atoms with van der Waals surface area (Å²) in [6.07, 6.45) is 2.51. The largest absolute Gasteiger partial charge is 0.395 e. The fraction of sp³-hybridized carbons (Fsp3) is 0.375. The summed E-state index contributed by atoms with van der Waals surface area (Å²) in [5.41, 5.74) is 0.711. The van der Waals surface area contributed by atoms with E-state index in [1.165, 1.54) is 23.1 Å². The zero-order valence-corrected chi connectivity index (χ0v) is 15.3. The molecule has 0 aliphatic rings. The molecule has 2 N–H and O–H groups in total. The van der Waals surface area contributed by atoms with E-state index in [2.05, 4.69) is 9.97 Å². The Kier molecular flexibility index (Phi) is 6.32. The summed E-state index contributed by atoms with van der Waals surface area (Å²) in [6, 6.07) is 5.01. The molecule has 1 heterocycles. The Morgan fingerprint density at radius 2 is 2.12 bits per heavy atom. The van der Waals surface area contributed by atoms with Crippen LogP contribution in [0.3, 0.4) is 0 Å². The van der Waals surface area contributed by atoms with Gasteiger partial charge in [-0.05, 0) is 25.1 Å². The number of rotatable bonds is 8. The second-order valence-electron chi connectivity index (χ2n) is 5.78. The third-order valence-electron chi connectivity index (χ3n) is 3.61. The van der Waals surface area contributed by atoms with Crippen LogP contribution in [-0.4, -0.2) is 60.3 Å². The highest BCUT2D eigenvalue weighted by Gasteiger charge is 2.24. The van der Waals surface area contributed by atoms with E-state index in [0.29, 0.717) is 11.5 Å². The second-order valence-corrected chi connectivity index (χ2v) is 7.69. The first-order valence-electron chi connectivity index (χ1n) is 7.83. The van der Waals surface area contributed by atoms with Crippen LogP contribution in [0.5, 0.6) is 0 Å². The Morgan fingerprint density at radius 3 is 2.65 bits per heavy atom. The first-order chi connectivity index (χ1) is 12.2. The molecule has 0 saturated carbocycles. The van der Waals surface area contributed by atoms with E-state index in [-0.39, 0.29) is 25.4 Å². The van der Waals surface area contributed by atoms with Crippen molar-refractivity contribution in [2.75, 3.05) is 30.3 Å². The van der Waals surface area contributed by atoms with Gasteiger partial charge in [-0.25, -0.2) is 17.8 Å². The number of anilines is 1. The fourth-order valence-corrected chi connectivity index (χ4v) is 3.27. The van der Waals surface area contributed by atoms with Gasteiger partial charge >= 0.3 is 0 Å². The van der Waals surface area contributed by atoms with Gasteiger partial charge in [0.25, 0.3) is 0 Å². The molecule has 0 saturated heterocycles. The number of carbonyl (C=O) groups is 1. The van der Waals surface area contributed by atoms with Crippen LogP contribution in [0.2, 0.25) is 0 Å². The van der Waals surface area contributed by atoms with Crippen LogP contribution in [0.15, 0.2) is 30.5 Å². The number of aromatic amines is 1. The third-order valence-corrected chi connectivity index (χ3v) is 4.76. The number of halogens is 1. The van der Waals surface area contributed by atoms with E-state index < -0.39 is 28.3 Å². The third kappa shape index (κ3) is 5.27. The average molecular weight is 384 g/mol. The maximum atomic E-state index is 13.5. The molecule has 2 aromatic rings. The number of aromatic nitrogens is 2. The quantitative estimate of drug-likeness (QED) is 0.695. The molecule has 0 unspecified atom stereocenters. The summed E-state index contributed by atoms with van der Waals surface area (Å²) in [5, 5.41) is 9.22. The van der Waals surface area contributed by atoms with Gasteiger partial charge in [-0.3, -0.25) is 9.10 Å². The lowest BCUT2D eigenvalue weighted by atomic mass is 10.3. The smallest absolute Gasteiger partial charge is 0.243 e. The number of aliphatic hydroxyl groups excluding tert-OH is 1. The molecule has 0 aliphatic heterocycles. The van der Waals surface area contributed by atoms with Gasteiger partial charge in [0.2, 0.25) is 15.9 Å². The SMILES string of the molecule is Cc1ncc(CN(CCO)C(=O)CN(c2cccc(F)c2)S(C)(=O)=O)[nH]1. The lowest BCUT2D eigenvalue weighted by Crippen LogP contribution is -2.43. The topological polar surface area (TPSA) is 107 Å². The first kappa shape index (κ1) is 19.9. The van der Waals surface area contributed by atoms with Crippen molar-refractivity contribution in [1.29, 1.82) is 0 Å². The number of carbonyl (C=O) groups excluding carboxylic acids is 1. The number of hydrogen-bond acceptors (Lipinski definition) is 5. The molecule has 0 aliphatic carbocycles. The zero-order chi connectivity index (χ0) is 19.3. The van der Waals surface area contributed by atoms with Gasteiger partial charge in [-0.15, -0.1) is 0 Å². The Hall–Kier alpha value is -2.46. The summed E-state index contributed by atoms with van der Waals surface area (Å²) < 4.78 is 38.5. The molecule has 8 nitrogen and oxygen atoms in total. The number of amides is 1. The maximum Gasteiger partial charge on any atom is 0.243 e. The van der Waals surface area contributed by atoms with Crippen molar-refractivity contribution in [2.24, 2.45) is 0 Å². The molecular formula is C16H21FN4O4S. The van der Waals surface area contributed by atoms with Crippen LogP contribution in [0, 0.1) is 12.7 Å². The van der Waals surface area contributed by atoms with Crippen molar-refractivity contribution in [3.05, 3.63) is 47.8 Å². The highest BCUT2D eigenvalue weighted by Crippen LogP contribution is 2.19. The molecule has 0 atom stereocenters. The highest BCUT2D eigenvalue weighted by atomic mass is 32.2. The standard InChI is InChI=1S/C16H21FN4O4S/c1-12-18-9-14(19-12)10-20(6-7-22)16(23)11-21(26(2,24)25)15-5-3-4-13(17)8-15/h3-5,8-9,22H,6-7,10-11H2,1-2H3,(H,18,19). The second kappa shape index (κ2) is 8.28. The fourth-order valence-electron chi connectivity index (χ4n) is 2.42. The Balaban J connectivity index is 2.23. The lowest BCUT2D eigenvalue weighted by molar-refractivity contribution is -0.130. The van der Waals surface area contributed by atoms with Crippen LogP contribution in [0.1, 0.15) is 11.5 Å². The van der Waals surface area contributed by atoms with Gasteiger partial charge in [0.1, 0.15) is 18.2 Å². The van der Waals surface area contributed by atoms with Gasteiger partial charge in [-0.2, -0.15) is 0 Å². The van der Waals surface area contributed by atoms with E-state index in [9.17, 15) is 22.7 Å². The van der Waals surface area contributed by atoms with Gasteiger partial charge in [0.05, 0.1) is 37.0 Å². The zero-order valence-electron chi connectivity index (χ0n) is 14.5. The number of H-pyrrole nitrogens is 1. The lowest BCUT2D eigenvalue weighted by Gasteiger charge is -2.27. The number of aryl methyl sites for hydroxylation is 1. The summed E-state index contributed by atoms with van der Waals surface area (Å²) in [5.74, 6) is -0.460. The summed E-state index contributed by atoms with van der Waals surface area (Å²) in [6.45, 7) is 1.14. The average Bonchev–Trinajstić information content (AvgIpc) is 2.96. The van der Waals surface area contributed by atoms with Crippen LogP contribution >= 0.6 is 0 Å². The number of aliphatic hydroxyl groups is 1. The molecule has 1 amide bonds. The molecule has 10 heteroatoms. The maximum absolute atomic E-state index is 13.5. The van der Waals surface area contributed by atoms with E-state index >= 15 is 0 Å². The Bertz CT molecular complexity index is 869. The number of sulfonamides is 1. The minimum Gasteiger partial charge on any atom is -0.395 e. The molecule has 0 spiro atoms. The molecule has 142 valence electrons. The van der Waals surface area contributed by atoms with Gasteiger partial charge in [0.15, 0.2) is 0 Å². The number of hydrogen-bond donors (Lipinski definition) is 2. The normalized spacial score (nSPS) is 11.4. The van der Waals surface area contributed by atoms with E-state index in [0.717, 1.165) is 16.6 Å². The Morgan fingerprint density at radius 1 is 1.38 bits per heavy atom. The number of imidazole rings is 1. The summed E-state index contributed by atoms with van der Waals surface area (Å²) >= 11 is 0. The van der Waals surface area contributed by atoms with E-state index in [4.69, 9.17) is 0 Å². The Labute approximate surface area is 151 Å². The van der Waals surface area contributed by atoms with Crippen LogP contribution in [0.25, 0.3) is 0 Å². The predicted octanol–water partition coefficient (Wildman–Crippen LogP) is 0.644. The number of nitrogens with zero attached hydrogens (tertiary/aromatic N) is 3. The predicted molar refractivity (Wildman–Crippen MR) is 94.4 cm³/mol. The van der Waals surface area contributed by atoms with Crippen molar-refractivity contribution >= 4 is 21.6 Å². The monoisotopic (exact) mass is 384 g/mol. The van der Waals surface area contributed by atoms with Crippen LogP contribution in [0.4, 0.5) is 10.1 Å². The molecule has 0 bridgehead atoms. The van der Waals surface area contributed by atoms with Crippen LogP contribution < -0.4 is 4.31 Å². The molecule has 0 fully saturated rings. The minimum atomic E-state index is -3.81. The van der Waals surface area contributed by atoms with Gasteiger partial charge < -0.3 is 15.0 Å². The molecule has 0 radical (unpaired) electrons. The molecule has 26 heavy (non-hydrogen) atoms. The number of benzene rings is 1. The van der Waals surface area contributed by atoms with Crippen molar-refractivity contribution in [3.8, 4) is 0 Å². The van der Waals surface area contributed by atoms with Crippen molar-refractivity contribution in [1.82, 2.24) is 14.9 Å². The van der Waals surface area contributed by atoms with Crippen molar-refractivity contribution in [2.45, 2.75) is 13.5 Å². The highest BCUT2D eigenvalue weighted by molar-refractivity contribution is 7.92. The van der Waals surface area contributed by atoms with Crippen LogP contribution in [-0.2, 0) is 21.4 Å².